The summed E-state index contributed by atoms with van der Waals surface area (Å²) in [5, 5.41) is 16.0. The number of benzene rings is 1. The number of hydrogen-bond donors (Lipinski definition) is 2. The van der Waals surface area contributed by atoms with Gasteiger partial charge in [0, 0.05) is 11.8 Å². The van der Waals surface area contributed by atoms with Gasteiger partial charge in [-0.1, -0.05) is 22.8 Å². The van der Waals surface area contributed by atoms with E-state index in [1.54, 1.807) is 28.8 Å². The summed E-state index contributed by atoms with van der Waals surface area (Å²) < 4.78 is 31.5. The molecule has 3 heterocycles. The van der Waals surface area contributed by atoms with E-state index in [2.05, 4.69) is 20.4 Å². The molecule has 0 fully saturated rings. The van der Waals surface area contributed by atoms with Gasteiger partial charge in [-0.3, -0.25) is 9.20 Å². The van der Waals surface area contributed by atoms with Crippen molar-refractivity contribution in [3.05, 3.63) is 65.4 Å². The average molecular weight is 434 g/mol. The minimum atomic E-state index is -2.92. The lowest BCUT2D eigenvalue weighted by molar-refractivity contribution is -0.00754. The lowest BCUT2D eigenvalue weighted by atomic mass is 10.2. The van der Waals surface area contributed by atoms with Crippen molar-refractivity contribution in [3.63, 3.8) is 0 Å². The number of pyridine rings is 1. The lowest BCUT2D eigenvalue weighted by Gasteiger charge is -2.08. The number of halogens is 3. The van der Waals surface area contributed by atoms with Crippen LogP contribution >= 0.6 is 11.6 Å². The summed E-state index contributed by atoms with van der Waals surface area (Å²) >= 11 is 6.20. The standard InChI is InChI=1S/C19H14ClF2N5O3/c20-11-5-4-10(18-25-16(30-26-18)8-14(28)17(21)22)7-12(11)24-19(29)13-9-23-15-3-1-2-6-27(13)15/h1-7,9,14,17,28H,8H2,(H,24,29)/t14-/m0/s1. The van der Waals surface area contributed by atoms with E-state index in [1.807, 2.05) is 6.07 Å². The van der Waals surface area contributed by atoms with Crippen LogP contribution in [0.1, 0.15) is 16.4 Å². The SMILES string of the molecule is O=C(Nc1cc(-c2noc(C[C@H](O)C(F)F)n2)ccc1Cl)c1cnc2ccccn12. The van der Waals surface area contributed by atoms with Crippen molar-refractivity contribution in [1.29, 1.82) is 0 Å². The van der Waals surface area contributed by atoms with Crippen LogP contribution in [0.15, 0.2) is 53.3 Å². The third-order valence-corrected chi connectivity index (χ3v) is 4.59. The first-order valence-corrected chi connectivity index (χ1v) is 9.12. The zero-order chi connectivity index (χ0) is 21.3. The fourth-order valence-electron chi connectivity index (χ4n) is 2.77. The maximum Gasteiger partial charge on any atom is 0.274 e. The maximum absolute atomic E-state index is 12.7. The Balaban J connectivity index is 1.57. The predicted octanol–water partition coefficient (Wildman–Crippen LogP) is 3.46. The molecule has 4 rings (SSSR count). The topological polar surface area (TPSA) is 106 Å². The Hall–Kier alpha value is -3.37. The molecule has 0 aliphatic carbocycles. The Kier molecular flexibility index (Phi) is 5.42. The summed E-state index contributed by atoms with van der Waals surface area (Å²) in [5.74, 6) is -0.459. The Labute approximate surface area is 173 Å². The average Bonchev–Trinajstić information content (AvgIpc) is 3.36. The molecule has 0 spiro atoms. The van der Waals surface area contributed by atoms with Gasteiger partial charge in [0.1, 0.15) is 17.4 Å². The van der Waals surface area contributed by atoms with Gasteiger partial charge < -0.3 is 14.9 Å². The van der Waals surface area contributed by atoms with E-state index in [4.69, 9.17) is 16.1 Å². The molecule has 0 unspecified atom stereocenters. The fraction of sp³-hybridized carbons (Fsp3) is 0.158. The van der Waals surface area contributed by atoms with E-state index in [1.165, 1.54) is 18.3 Å². The first kappa shape index (κ1) is 19.9. The van der Waals surface area contributed by atoms with Crippen LogP contribution in [-0.4, -0.2) is 43.1 Å². The molecule has 0 aliphatic heterocycles. The highest BCUT2D eigenvalue weighted by atomic mass is 35.5. The number of rotatable bonds is 6. The molecule has 1 aromatic carbocycles. The molecule has 0 saturated carbocycles. The number of alkyl halides is 2. The number of aliphatic hydroxyl groups excluding tert-OH is 1. The van der Waals surface area contributed by atoms with E-state index in [0.29, 0.717) is 22.6 Å². The van der Waals surface area contributed by atoms with E-state index in [0.717, 1.165) is 0 Å². The van der Waals surface area contributed by atoms with Gasteiger partial charge in [-0.2, -0.15) is 4.98 Å². The molecule has 1 atom stereocenters. The Morgan fingerprint density at radius 1 is 1.30 bits per heavy atom. The number of nitrogens with one attached hydrogen (secondary N) is 1. The molecule has 1 amide bonds. The summed E-state index contributed by atoms with van der Waals surface area (Å²) in [4.78, 5) is 20.9. The van der Waals surface area contributed by atoms with E-state index < -0.39 is 24.9 Å². The quantitative estimate of drug-likeness (QED) is 0.482. The third-order valence-electron chi connectivity index (χ3n) is 4.27. The van der Waals surface area contributed by atoms with Crippen molar-refractivity contribution in [1.82, 2.24) is 19.5 Å². The summed E-state index contributed by atoms with van der Waals surface area (Å²) in [7, 11) is 0. The monoisotopic (exact) mass is 433 g/mol. The minimum Gasteiger partial charge on any atom is -0.387 e. The molecule has 0 bridgehead atoms. The number of carbonyl (C=O) groups is 1. The highest BCUT2D eigenvalue weighted by molar-refractivity contribution is 6.34. The highest BCUT2D eigenvalue weighted by Gasteiger charge is 2.21. The maximum atomic E-state index is 12.7. The van der Waals surface area contributed by atoms with Crippen molar-refractivity contribution in [2.75, 3.05) is 5.32 Å². The molecular weight excluding hydrogens is 420 g/mol. The number of nitrogens with zero attached hydrogens (tertiary/aromatic N) is 4. The zero-order valence-electron chi connectivity index (χ0n) is 15.2. The Morgan fingerprint density at radius 2 is 2.13 bits per heavy atom. The van der Waals surface area contributed by atoms with E-state index in [9.17, 15) is 18.7 Å². The summed E-state index contributed by atoms with van der Waals surface area (Å²) in [6, 6.07) is 10.0. The van der Waals surface area contributed by atoms with Gasteiger partial charge >= 0.3 is 0 Å². The molecule has 2 N–H and O–H groups in total. The van der Waals surface area contributed by atoms with Gasteiger partial charge in [0.05, 0.1) is 23.3 Å². The number of amides is 1. The molecular formula is C19H14ClF2N5O3. The van der Waals surface area contributed by atoms with Crippen LogP contribution in [-0.2, 0) is 6.42 Å². The van der Waals surface area contributed by atoms with Crippen molar-refractivity contribution in [3.8, 4) is 11.4 Å². The molecule has 3 aromatic heterocycles. The van der Waals surface area contributed by atoms with Crippen LogP contribution < -0.4 is 5.32 Å². The largest absolute Gasteiger partial charge is 0.387 e. The number of aliphatic hydroxyl groups is 1. The number of hydrogen-bond acceptors (Lipinski definition) is 6. The van der Waals surface area contributed by atoms with Crippen LogP contribution in [0.3, 0.4) is 0 Å². The smallest absolute Gasteiger partial charge is 0.274 e. The first-order chi connectivity index (χ1) is 14.4. The highest BCUT2D eigenvalue weighted by Crippen LogP contribution is 2.28. The van der Waals surface area contributed by atoms with Gasteiger partial charge in [0.2, 0.25) is 11.7 Å². The van der Waals surface area contributed by atoms with Crippen LogP contribution in [0.4, 0.5) is 14.5 Å². The van der Waals surface area contributed by atoms with Gasteiger partial charge in [0.25, 0.3) is 12.3 Å². The molecule has 8 nitrogen and oxygen atoms in total. The van der Waals surface area contributed by atoms with Crippen LogP contribution in [0, 0.1) is 0 Å². The second-order valence-electron chi connectivity index (χ2n) is 6.34. The fourth-order valence-corrected chi connectivity index (χ4v) is 2.93. The van der Waals surface area contributed by atoms with E-state index >= 15 is 0 Å². The summed E-state index contributed by atoms with van der Waals surface area (Å²) in [5.41, 5.74) is 1.67. The summed E-state index contributed by atoms with van der Waals surface area (Å²) in [6.07, 6.45) is -2.14. The van der Waals surface area contributed by atoms with Crippen LogP contribution in [0.2, 0.25) is 5.02 Å². The molecule has 4 aromatic rings. The van der Waals surface area contributed by atoms with Crippen LogP contribution in [0.5, 0.6) is 0 Å². The molecule has 0 aliphatic rings. The summed E-state index contributed by atoms with van der Waals surface area (Å²) in [6.45, 7) is 0. The van der Waals surface area contributed by atoms with E-state index in [-0.39, 0.29) is 16.7 Å². The molecule has 30 heavy (non-hydrogen) atoms. The Bertz CT molecular complexity index is 1210. The van der Waals surface area contributed by atoms with Crippen molar-refractivity contribution < 1.29 is 23.2 Å². The number of carbonyl (C=O) groups excluding carboxylic acids is 1. The Morgan fingerprint density at radius 3 is 2.93 bits per heavy atom. The minimum absolute atomic E-state index is 0.105. The normalized spacial score (nSPS) is 12.4. The predicted molar refractivity (Wildman–Crippen MR) is 104 cm³/mol. The lowest BCUT2D eigenvalue weighted by Crippen LogP contribution is -2.20. The van der Waals surface area contributed by atoms with Crippen molar-refractivity contribution in [2.24, 2.45) is 0 Å². The number of imidazole rings is 1. The van der Waals surface area contributed by atoms with Gasteiger partial charge in [-0.25, -0.2) is 13.8 Å². The second-order valence-corrected chi connectivity index (χ2v) is 6.75. The van der Waals surface area contributed by atoms with Crippen molar-refractivity contribution >= 4 is 28.8 Å². The van der Waals surface area contributed by atoms with Gasteiger partial charge in [-0.05, 0) is 30.3 Å². The molecule has 154 valence electrons. The van der Waals surface area contributed by atoms with Crippen molar-refractivity contribution in [2.45, 2.75) is 19.0 Å². The van der Waals surface area contributed by atoms with Gasteiger partial charge in [0.15, 0.2) is 0 Å². The van der Waals surface area contributed by atoms with Gasteiger partial charge in [-0.15, -0.1) is 0 Å². The number of fused-ring (bicyclic) bond motifs is 1. The number of anilines is 1. The van der Waals surface area contributed by atoms with Crippen LogP contribution in [0.25, 0.3) is 17.0 Å². The second kappa shape index (κ2) is 8.17. The zero-order valence-corrected chi connectivity index (χ0v) is 15.9. The molecule has 0 saturated heterocycles. The third kappa shape index (κ3) is 4.00. The number of aromatic nitrogens is 4. The molecule has 11 heteroatoms. The molecule has 0 radical (unpaired) electrons. The first-order valence-electron chi connectivity index (χ1n) is 8.74.